The number of benzene rings is 1. The minimum Gasteiger partial charge on any atom is -0.383 e. The second-order valence-electron chi connectivity index (χ2n) is 3.82. The Balaban J connectivity index is 3.06. The highest BCUT2D eigenvalue weighted by Gasteiger charge is 2.33. The summed E-state index contributed by atoms with van der Waals surface area (Å²) >= 11 is 0. The summed E-state index contributed by atoms with van der Waals surface area (Å²) in [5.74, 6) is 0. The second kappa shape index (κ2) is 5.09. The van der Waals surface area contributed by atoms with Gasteiger partial charge >= 0.3 is 6.18 Å². The van der Waals surface area contributed by atoms with E-state index in [0.717, 1.165) is 12.5 Å². The molecule has 0 saturated carbocycles. The van der Waals surface area contributed by atoms with Crippen molar-refractivity contribution in [2.75, 3.05) is 5.32 Å². The molecule has 1 aromatic carbocycles. The molecule has 0 saturated heterocycles. The molecule has 0 fully saturated rings. The van der Waals surface area contributed by atoms with Crippen LogP contribution in [0.4, 0.5) is 18.9 Å². The van der Waals surface area contributed by atoms with Crippen molar-refractivity contribution in [3.05, 3.63) is 29.3 Å². The van der Waals surface area contributed by atoms with Gasteiger partial charge in [-0.05, 0) is 31.5 Å². The zero-order valence-corrected chi connectivity index (χ0v) is 9.60. The monoisotopic (exact) mass is 242 g/mol. The van der Waals surface area contributed by atoms with Crippen molar-refractivity contribution in [3.63, 3.8) is 0 Å². The van der Waals surface area contributed by atoms with E-state index in [1.807, 2.05) is 13.8 Å². The topological polar surface area (TPSA) is 35.8 Å². The third-order valence-corrected chi connectivity index (χ3v) is 2.47. The largest absolute Gasteiger partial charge is 0.417 e. The van der Waals surface area contributed by atoms with E-state index in [9.17, 15) is 13.2 Å². The number of alkyl halides is 3. The van der Waals surface area contributed by atoms with Crippen molar-refractivity contribution < 1.29 is 13.2 Å². The Bertz CT molecular complexity index is 432. The van der Waals surface area contributed by atoms with E-state index < -0.39 is 11.7 Å². The van der Waals surface area contributed by atoms with Crippen LogP contribution >= 0.6 is 0 Å². The number of anilines is 1. The van der Waals surface area contributed by atoms with Crippen molar-refractivity contribution in [3.8, 4) is 6.07 Å². The highest BCUT2D eigenvalue weighted by Crippen LogP contribution is 2.33. The number of nitrogens with zero attached hydrogens (tertiary/aromatic N) is 1. The predicted molar refractivity (Wildman–Crippen MR) is 59.5 cm³/mol. The number of halogens is 3. The molecule has 1 rings (SSSR count). The molecule has 1 atom stereocenters. The molecule has 1 unspecified atom stereocenters. The fraction of sp³-hybridized carbons (Fsp3) is 0.417. The van der Waals surface area contributed by atoms with Crippen LogP contribution < -0.4 is 5.32 Å². The van der Waals surface area contributed by atoms with Gasteiger partial charge in [0.15, 0.2) is 0 Å². The molecule has 5 heteroatoms. The molecular formula is C12H13F3N2. The summed E-state index contributed by atoms with van der Waals surface area (Å²) in [6.07, 6.45) is -3.64. The van der Waals surface area contributed by atoms with E-state index in [4.69, 9.17) is 5.26 Å². The third-order valence-electron chi connectivity index (χ3n) is 2.47. The van der Waals surface area contributed by atoms with E-state index in [2.05, 4.69) is 5.32 Å². The maximum atomic E-state index is 12.5. The van der Waals surface area contributed by atoms with E-state index >= 15 is 0 Å². The number of nitriles is 1. The van der Waals surface area contributed by atoms with Crippen molar-refractivity contribution in [2.24, 2.45) is 0 Å². The molecule has 92 valence electrons. The fourth-order valence-electron chi connectivity index (χ4n) is 1.36. The SMILES string of the molecule is CCC(C)Nc1ccc(C(F)(F)F)c(C#N)c1. The average Bonchev–Trinajstić information content (AvgIpc) is 2.27. The van der Waals surface area contributed by atoms with Crippen LogP contribution in [-0.4, -0.2) is 6.04 Å². The standard InChI is InChI=1S/C12H13F3N2/c1-3-8(2)17-10-4-5-11(12(13,14)15)9(6-10)7-16/h4-6,8,17H,3H2,1-2H3. The molecule has 0 aliphatic heterocycles. The lowest BCUT2D eigenvalue weighted by Crippen LogP contribution is -2.14. The van der Waals surface area contributed by atoms with Gasteiger partial charge in [-0.3, -0.25) is 0 Å². The molecule has 0 spiro atoms. The van der Waals surface area contributed by atoms with Gasteiger partial charge in [0.2, 0.25) is 0 Å². The van der Waals surface area contributed by atoms with Gasteiger partial charge in [-0.25, -0.2) is 0 Å². The van der Waals surface area contributed by atoms with Crippen LogP contribution in [-0.2, 0) is 6.18 Å². The molecule has 0 radical (unpaired) electrons. The van der Waals surface area contributed by atoms with E-state index in [1.54, 1.807) is 6.07 Å². The number of rotatable bonds is 3. The average molecular weight is 242 g/mol. The highest BCUT2D eigenvalue weighted by molar-refractivity contribution is 5.54. The molecule has 1 N–H and O–H groups in total. The zero-order chi connectivity index (χ0) is 13.1. The first-order chi connectivity index (χ1) is 7.88. The maximum Gasteiger partial charge on any atom is 0.417 e. The second-order valence-corrected chi connectivity index (χ2v) is 3.82. The van der Waals surface area contributed by atoms with Crippen molar-refractivity contribution in [2.45, 2.75) is 32.5 Å². The Kier molecular flexibility index (Phi) is 4.00. The minimum atomic E-state index is -4.49. The molecule has 0 bridgehead atoms. The van der Waals surface area contributed by atoms with E-state index in [0.29, 0.717) is 5.69 Å². The van der Waals surface area contributed by atoms with Crippen LogP contribution in [0.2, 0.25) is 0 Å². The number of hydrogen-bond donors (Lipinski definition) is 1. The summed E-state index contributed by atoms with van der Waals surface area (Å²) in [4.78, 5) is 0. The van der Waals surface area contributed by atoms with Gasteiger partial charge in [-0.2, -0.15) is 18.4 Å². The Hall–Kier alpha value is -1.70. The van der Waals surface area contributed by atoms with Crippen LogP contribution in [0.1, 0.15) is 31.4 Å². The van der Waals surface area contributed by atoms with E-state index in [1.165, 1.54) is 12.1 Å². The van der Waals surface area contributed by atoms with Crippen LogP contribution in [0.25, 0.3) is 0 Å². The lowest BCUT2D eigenvalue weighted by Gasteiger charge is -2.15. The first kappa shape index (κ1) is 13.4. The van der Waals surface area contributed by atoms with Crippen molar-refractivity contribution in [1.82, 2.24) is 0 Å². The smallest absolute Gasteiger partial charge is 0.383 e. The molecule has 1 aromatic rings. The normalized spacial score (nSPS) is 12.9. The van der Waals surface area contributed by atoms with Gasteiger partial charge in [0, 0.05) is 11.7 Å². The lowest BCUT2D eigenvalue weighted by molar-refractivity contribution is -0.137. The molecular weight excluding hydrogens is 229 g/mol. The summed E-state index contributed by atoms with van der Waals surface area (Å²) in [5, 5.41) is 11.7. The lowest BCUT2D eigenvalue weighted by atomic mass is 10.1. The summed E-state index contributed by atoms with van der Waals surface area (Å²) in [6.45, 7) is 3.89. The summed E-state index contributed by atoms with van der Waals surface area (Å²) in [7, 11) is 0. The summed E-state index contributed by atoms with van der Waals surface area (Å²) in [5.41, 5.74) is -0.718. The zero-order valence-electron chi connectivity index (χ0n) is 9.60. The summed E-state index contributed by atoms with van der Waals surface area (Å²) < 4.78 is 37.6. The number of nitrogens with one attached hydrogen (secondary N) is 1. The molecule has 0 aliphatic carbocycles. The Morgan fingerprint density at radius 1 is 1.41 bits per heavy atom. The molecule has 0 heterocycles. The third kappa shape index (κ3) is 3.38. The molecule has 0 amide bonds. The fourth-order valence-corrected chi connectivity index (χ4v) is 1.36. The summed E-state index contributed by atoms with van der Waals surface area (Å²) in [6, 6.07) is 5.23. The van der Waals surface area contributed by atoms with Crippen LogP contribution in [0.3, 0.4) is 0 Å². The van der Waals surface area contributed by atoms with Gasteiger partial charge in [-0.1, -0.05) is 6.92 Å². The molecule has 0 aromatic heterocycles. The van der Waals surface area contributed by atoms with Crippen LogP contribution in [0.15, 0.2) is 18.2 Å². The molecule has 2 nitrogen and oxygen atoms in total. The van der Waals surface area contributed by atoms with Gasteiger partial charge in [0.05, 0.1) is 17.2 Å². The highest BCUT2D eigenvalue weighted by atomic mass is 19.4. The first-order valence-electron chi connectivity index (χ1n) is 5.26. The quantitative estimate of drug-likeness (QED) is 0.875. The molecule has 0 aliphatic rings. The van der Waals surface area contributed by atoms with Gasteiger partial charge in [0.25, 0.3) is 0 Å². The first-order valence-corrected chi connectivity index (χ1v) is 5.26. The van der Waals surface area contributed by atoms with Crippen LogP contribution in [0.5, 0.6) is 0 Å². The predicted octanol–water partition coefficient (Wildman–Crippen LogP) is 3.79. The van der Waals surface area contributed by atoms with Crippen molar-refractivity contribution >= 4 is 5.69 Å². The van der Waals surface area contributed by atoms with Gasteiger partial charge in [0.1, 0.15) is 0 Å². The van der Waals surface area contributed by atoms with Crippen LogP contribution in [0, 0.1) is 11.3 Å². The minimum absolute atomic E-state index is 0.151. The Morgan fingerprint density at radius 3 is 2.53 bits per heavy atom. The van der Waals surface area contributed by atoms with E-state index in [-0.39, 0.29) is 11.6 Å². The van der Waals surface area contributed by atoms with Gasteiger partial charge in [-0.15, -0.1) is 0 Å². The number of hydrogen-bond acceptors (Lipinski definition) is 2. The Morgan fingerprint density at radius 2 is 2.06 bits per heavy atom. The maximum absolute atomic E-state index is 12.5. The van der Waals surface area contributed by atoms with Gasteiger partial charge < -0.3 is 5.32 Å². The Labute approximate surface area is 98.1 Å². The molecule has 17 heavy (non-hydrogen) atoms. The van der Waals surface area contributed by atoms with Crippen molar-refractivity contribution in [1.29, 1.82) is 5.26 Å².